The van der Waals surface area contributed by atoms with E-state index in [9.17, 15) is 9.18 Å². The fourth-order valence-corrected chi connectivity index (χ4v) is 4.15. The summed E-state index contributed by atoms with van der Waals surface area (Å²) in [5.74, 6) is -0.0405. The van der Waals surface area contributed by atoms with Gasteiger partial charge in [-0.2, -0.15) is 5.26 Å². The second-order valence-electron chi connectivity index (χ2n) is 7.89. The fraction of sp³-hybridized carbons (Fsp3) is 0.240. The van der Waals surface area contributed by atoms with Crippen LogP contribution in [0.15, 0.2) is 54.7 Å². The monoisotopic (exact) mass is 448 g/mol. The average molecular weight is 449 g/mol. The molecule has 0 bridgehead atoms. The molecule has 0 radical (unpaired) electrons. The van der Waals surface area contributed by atoms with Crippen molar-refractivity contribution in [3.63, 3.8) is 0 Å². The third-order valence-corrected chi connectivity index (χ3v) is 6.28. The Balaban J connectivity index is 1.53. The van der Waals surface area contributed by atoms with Gasteiger partial charge in [0, 0.05) is 30.5 Å². The lowest BCUT2D eigenvalue weighted by molar-refractivity contribution is 0.0713. The average Bonchev–Trinajstić information content (AvgIpc) is 2.83. The van der Waals surface area contributed by atoms with Crippen molar-refractivity contribution in [2.45, 2.75) is 25.7 Å². The minimum absolute atomic E-state index is 0.106. The molecule has 1 fully saturated rings. The Morgan fingerprint density at radius 3 is 2.44 bits per heavy atom. The maximum Gasteiger partial charge on any atom is 0.257 e. The first kappa shape index (κ1) is 21.8. The number of carbonyl (C=O) groups excluding carboxylic acids is 1. The van der Waals surface area contributed by atoms with E-state index in [-0.39, 0.29) is 11.7 Å². The SMILES string of the molecule is Cc1c(Cl)ncc(C(=O)N2CCC(c3ccc(F)cc3)CC2)c1Nc1ccc(C#N)cc1. The number of benzene rings is 2. The third-order valence-electron chi connectivity index (χ3n) is 5.90. The minimum atomic E-state index is -0.241. The van der Waals surface area contributed by atoms with Gasteiger partial charge in [0.2, 0.25) is 0 Å². The van der Waals surface area contributed by atoms with Gasteiger partial charge in [-0.15, -0.1) is 0 Å². The first-order chi connectivity index (χ1) is 15.5. The van der Waals surface area contributed by atoms with Crippen LogP contribution in [0.1, 0.15) is 45.8 Å². The molecule has 7 heteroatoms. The number of nitrogens with zero attached hydrogens (tertiary/aromatic N) is 3. The lowest BCUT2D eigenvalue weighted by Gasteiger charge is -2.33. The number of hydrogen-bond acceptors (Lipinski definition) is 4. The summed E-state index contributed by atoms with van der Waals surface area (Å²) in [4.78, 5) is 19.4. The van der Waals surface area contributed by atoms with Crippen molar-refractivity contribution in [1.29, 1.82) is 5.26 Å². The molecule has 1 aliphatic heterocycles. The van der Waals surface area contributed by atoms with Gasteiger partial charge in [0.05, 0.1) is 22.9 Å². The molecule has 2 aromatic carbocycles. The van der Waals surface area contributed by atoms with E-state index in [0.717, 1.165) is 24.1 Å². The molecular weight excluding hydrogens is 427 g/mol. The predicted octanol–water partition coefficient (Wildman–Crippen LogP) is 5.82. The molecule has 2 heterocycles. The van der Waals surface area contributed by atoms with Crippen LogP contribution in [0.4, 0.5) is 15.8 Å². The molecule has 32 heavy (non-hydrogen) atoms. The number of rotatable bonds is 4. The number of halogens is 2. The van der Waals surface area contributed by atoms with Gasteiger partial charge in [0.25, 0.3) is 5.91 Å². The summed E-state index contributed by atoms with van der Waals surface area (Å²) in [6, 6.07) is 15.7. The second kappa shape index (κ2) is 9.37. The van der Waals surface area contributed by atoms with Crippen LogP contribution in [0.2, 0.25) is 5.15 Å². The van der Waals surface area contributed by atoms with Gasteiger partial charge in [-0.25, -0.2) is 9.37 Å². The van der Waals surface area contributed by atoms with Gasteiger partial charge in [-0.1, -0.05) is 23.7 Å². The number of likely N-dealkylation sites (tertiary alicyclic amines) is 1. The van der Waals surface area contributed by atoms with Crippen LogP contribution >= 0.6 is 11.6 Å². The summed E-state index contributed by atoms with van der Waals surface area (Å²) in [6.45, 7) is 3.04. The number of pyridine rings is 1. The lowest BCUT2D eigenvalue weighted by Crippen LogP contribution is -2.38. The molecule has 1 saturated heterocycles. The summed E-state index contributed by atoms with van der Waals surface area (Å²) in [6.07, 6.45) is 3.14. The van der Waals surface area contributed by atoms with Crippen molar-refractivity contribution >= 4 is 28.9 Å². The van der Waals surface area contributed by atoms with Crippen molar-refractivity contribution in [3.8, 4) is 6.07 Å². The fourth-order valence-electron chi connectivity index (χ4n) is 4.00. The molecule has 1 aliphatic rings. The van der Waals surface area contributed by atoms with Crippen molar-refractivity contribution in [2.24, 2.45) is 0 Å². The van der Waals surface area contributed by atoms with Crippen LogP contribution in [-0.2, 0) is 0 Å². The molecule has 162 valence electrons. The van der Waals surface area contributed by atoms with E-state index in [1.165, 1.54) is 18.3 Å². The summed E-state index contributed by atoms with van der Waals surface area (Å²) in [5, 5.41) is 12.6. The van der Waals surface area contributed by atoms with E-state index in [1.807, 2.05) is 24.0 Å². The van der Waals surface area contributed by atoms with Crippen LogP contribution in [-0.4, -0.2) is 28.9 Å². The van der Waals surface area contributed by atoms with E-state index < -0.39 is 0 Å². The van der Waals surface area contributed by atoms with Crippen molar-refractivity contribution in [1.82, 2.24) is 9.88 Å². The molecule has 1 amide bonds. The Hall–Kier alpha value is -3.43. The molecule has 0 atom stereocenters. The number of carbonyl (C=O) groups is 1. The van der Waals surface area contributed by atoms with E-state index in [2.05, 4.69) is 16.4 Å². The Morgan fingerprint density at radius 2 is 1.81 bits per heavy atom. The first-order valence-corrected chi connectivity index (χ1v) is 10.8. The first-order valence-electron chi connectivity index (χ1n) is 10.4. The Morgan fingerprint density at radius 1 is 1.16 bits per heavy atom. The molecule has 0 aliphatic carbocycles. The zero-order valence-electron chi connectivity index (χ0n) is 17.6. The van der Waals surface area contributed by atoms with Crippen LogP contribution < -0.4 is 5.32 Å². The van der Waals surface area contributed by atoms with Crippen molar-refractivity contribution in [2.75, 3.05) is 18.4 Å². The molecular formula is C25H22ClFN4O. The number of hydrogen-bond donors (Lipinski definition) is 1. The van der Waals surface area contributed by atoms with Crippen LogP contribution in [0.5, 0.6) is 0 Å². The lowest BCUT2D eigenvalue weighted by atomic mass is 9.89. The van der Waals surface area contributed by atoms with Gasteiger partial charge in [0.15, 0.2) is 0 Å². The molecule has 5 nitrogen and oxygen atoms in total. The molecule has 1 N–H and O–H groups in total. The zero-order chi connectivity index (χ0) is 22.7. The van der Waals surface area contributed by atoms with Crippen molar-refractivity contribution in [3.05, 3.63) is 88.0 Å². The summed E-state index contributed by atoms with van der Waals surface area (Å²) < 4.78 is 13.2. The van der Waals surface area contributed by atoms with Gasteiger partial charge >= 0.3 is 0 Å². The number of nitriles is 1. The second-order valence-corrected chi connectivity index (χ2v) is 8.25. The Kier molecular flexibility index (Phi) is 6.38. The van der Waals surface area contributed by atoms with E-state index in [0.29, 0.717) is 46.5 Å². The van der Waals surface area contributed by atoms with Crippen LogP contribution in [0.25, 0.3) is 0 Å². The maximum absolute atomic E-state index is 13.4. The number of nitrogens with one attached hydrogen (secondary N) is 1. The molecule has 1 aromatic heterocycles. The van der Waals surface area contributed by atoms with E-state index in [1.54, 1.807) is 24.3 Å². The number of aromatic nitrogens is 1. The van der Waals surface area contributed by atoms with E-state index >= 15 is 0 Å². The highest BCUT2D eigenvalue weighted by atomic mass is 35.5. The van der Waals surface area contributed by atoms with Crippen molar-refractivity contribution < 1.29 is 9.18 Å². The predicted molar refractivity (Wildman–Crippen MR) is 123 cm³/mol. The Bertz CT molecular complexity index is 1160. The molecule has 3 aromatic rings. The maximum atomic E-state index is 13.4. The standard InChI is InChI=1S/C25H22ClFN4O/c1-16-23(30-21-8-2-17(14-28)3-9-21)22(15-29-24(16)26)25(32)31-12-10-19(11-13-31)18-4-6-20(27)7-5-18/h2-9,15,19H,10-13H2,1H3,(H,29,30). The molecule has 0 saturated carbocycles. The summed E-state index contributed by atoms with van der Waals surface area (Å²) in [7, 11) is 0. The molecule has 0 unspecified atom stereocenters. The van der Waals surface area contributed by atoms with Crippen LogP contribution in [0.3, 0.4) is 0 Å². The van der Waals surface area contributed by atoms with Gasteiger partial charge in [-0.3, -0.25) is 4.79 Å². The topological polar surface area (TPSA) is 69.0 Å². The molecule has 4 rings (SSSR count). The summed E-state index contributed by atoms with van der Waals surface area (Å²) in [5.41, 5.74) is 4.16. The quantitative estimate of drug-likeness (QED) is 0.511. The Labute approximate surface area is 191 Å². The van der Waals surface area contributed by atoms with Gasteiger partial charge < -0.3 is 10.2 Å². The number of anilines is 2. The van der Waals surface area contributed by atoms with Gasteiger partial charge in [0.1, 0.15) is 11.0 Å². The number of piperidine rings is 1. The largest absolute Gasteiger partial charge is 0.355 e. The summed E-state index contributed by atoms with van der Waals surface area (Å²) >= 11 is 6.24. The van der Waals surface area contributed by atoms with Crippen LogP contribution in [0, 0.1) is 24.1 Å². The smallest absolute Gasteiger partial charge is 0.257 e. The third kappa shape index (κ3) is 4.58. The number of amides is 1. The highest BCUT2D eigenvalue weighted by molar-refractivity contribution is 6.30. The normalized spacial score (nSPS) is 14.1. The zero-order valence-corrected chi connectivity index (χ0v) is 18.4. The minimum Gasteiger partial charge on any atom is -0.355 e. The highest BCUT2D eigenvalue weighted by Gasteiger charge is 2.27. The molecule has 0 spiro atoms. The van der Waals surface area contributed by atoms with E-state index in [4.69, 9.17) is 16.9 Å². The highest BCUT2D eigenvalue weighted by Crippen LogP contribution is 2.32. The van der Waals surface area contributed by atoms with Gasteiger partial charge in [-0.05, 0) is 67.6 Å².